The molecule has 2 atom stereocenters. The number of hydrogen-bond donors (Lipinski definition) is 1. The minimum Gasteiger partial charge on any atom is -0.331 e. The van der Waals surface area contributed by atoms with Gasteiger partial charge in [0, 0.05) is 42.5 Å². The van der Waals surface area contributed by atoms with Crippen LogP contribution in [0.15, 0.2) is 60.9 Å². The van der Waals surface area contributed by atoms with Crippen LogP contribution in [0.25, 0.3) is 6.08 Å². The molecule has 6 rings (SSSR count). The van der Waals surface area contributed by atoms with Crippen LogP contribution in [0, 0.1) is 5.41 Å². The molecule has 6 nitrogen and oxygen atoms in total. The summed E-state index contributed by atoms with van der Waals surface area (Å²) in [6.45, 7) is 4.31. The van der Waals surface area contributed by atoms with Gasteiger partial charge in [-0.05, 0) is 67.5 Å². The van der Waals surface area contributed by atoms with E-state index < -0.39 is 10.8 Å². The summed E-state index contributed by atoms with van der Waals surface area (Å²) in [6, 6.07) is 14.4. The summed E-state index contributed by atoms with van der Waals surface area (Å²) in [5.41, 5.74) is 5.21. The van der Waals surface area contributed by atoms with E-state index in [1.54, 1.807) is 6.20 Å². The molecule has 0 saturated carbocycles. The number of pyridine rings is 2. The second-order valence-corrected chi connectivity index (χ2v) is 11.6. The van der Waals surface area contributed by atoms with Crippen molar-refractivity contribution in [2.75, 3.05) is 17.7 Å². The molecule has 0 bridgehead atoms. The number of hydrogen-bond acceptors (Lipinski definition) is 4. The van der Waals surface area contributed by atoms with Gasteiger partial charge < -0.3 is 10.2 Å². The van der Waals surface area contributed by atoms with E-state index in [0.717, 1.165) is 35.2 Å². The third kappa shape index (κ3) is 4.02. The quantitative estimate of drug-likeness (QED) is 0.445. The SMILES string of the molecule is CC(C)(CCl)C(=O)N(C/C=C/c1cnc2c(c1)C[C@@]1(C2)C(=O)Nc2ncccc21)[C@@H]1CCc2ccccc21. The highest BCUT2D eigenvalue weighted by Crippen LogP contribution is 2.46. The maximum absolute atomic E-state index is 13.6. The minimum absolute atomic E-state index is 0.00537. The summed E-state index contributed by atoms with van der Waals surface area (Å²) in [6.07, 6.45) is 10.7. The number of benzene rings is 1. The van der Waals surface area contributed by atoms with E-state index in [2.05, 4.69) is 34.6 Å². The number of nitrogens with zero attached hydrogens (tertiary/aromatic N) is 3. The monoisotopic (exact) mass is 526 g/mol. The van der Waals surface area contributed by atoms with Gasteiger partial charge in [0.1, 0.15) is 5.82 Å². The van der Waals surface area contributed by atoms with Crippen LogP contribution in [-0.2, 0) is 34.3 Å². The molecule has 0 unspecified atom stereocenters. The Hall–Kier alpha value is -3.51. The molecule has 1 N–H and O–H groups in total. The molecule has 1 aliphatic heterocycles. The zero-order valence-corrected chi connectivity index (χ0v) is 22.5. The number of rotatable bonds is 6. The molecular weight excluding hydrogens is 496 g/mol. The smallest absolute Gasteiger partial charge is 0.237 e. The van der Waals surface area contributed by atoms with Gasteiger partial charge >= 0.3 is 0 Å². The lowest BCUT2D eigenvalue weighted by Gasteiger charge is -2.35. The second-order valence-electron chi connectivity index (χ2n) is 11.3. The van der Waals surface area contributed by atoms with Crippen LogP contribution in [0.1, 0.15) is 59.8 Å². The molecule has 3 heterocycles. The van der Waals surface area contributed by atoms with E-state index in [0.29, 0.717) is 25.2 Å². The Balaban J connectivity index is 1.24. The van der Waals surface area contributed by atoms with E-state index >= 15 is 0 Å². The van der Waals surface area contributed by atoms with Crippen molar-refractivity contribution in [3.63, 3.8) is 0 Å². The average Bonchev–Trinajstić information content (AvgIpc) is 3.60. The summed E-state index contributed by atoms with van der Waals surface area (Å²) in [7, 11) is 0. The summed E-state index contributed by atoms with van der Waals surface area (Å²) in [5.74, 6) is 0.980. The second kappa shape index (κ2) is 9.35. The van der Waals surface area contributed by atoms with Gasteiger partial charge in [-0.2, -0.15) is 0 Å². The zero-order chi connectivity index (χ0) is 26.5. The maximum atomic E-state index is 13.6. The molecule has 2 amide bonds. The minimum atomic E-state index is -0.649. The fourth-order valence-corrected chi connectivity index (χ4v) is 6.30. The fraction of sp³-hybridized carbons (Fsp3) is 0.355. The van der Waals surface area contributed by atoms with Crippen molar-refractivity contribution in [1.29, 1.82) is 0 Å². The first kappa shape index (κ1) is 24.8. The lowest BCUT2D eigenvalue weighted by Crippen LogP contribution is -2.43. The molecule has 2 aromatic heterocycles. The Kier molecular flexibility index (Phi) is 6.10. The molecule has 38 heavy (non-hydrogen) atoms. The first-order valence-electron chi connectivity index (χ1n) is 13.2. The van der Waals surface area contributed by atoms with Gasteiger partial charge in [0.05, 0.1) is 16.9 Å². The van der Waals surface area contributed by atoms with E-state index in [-0.39, 0.29) is 23.7 Å². The summed E-state index contributed by atoms with van der Waals surface area (Å²) < 4.78 is 0. The number of nitrogens with one attached hydrogen (secondary N) is 1. The van der Waals surface area contributed by atoms with Gasteiger partial charge in [0.15, 0.2) is 0 Å². The number of anilines is 1. The Morgan fingerprint density at radius 1 is 1.18 bits per heavy atom. The lowest BCUT2D eigenvalue weighted by molar-refractivity contribution is -0.141. The molecule has 0 saturated heterocycles. The molecule has 0 fully saturated rings. The maximum Gasteiger partial charge on any atom is 0.237 e. The van der Waals surface area contributed by atoms with Crippen LogP contribution in [0.4, 0.5) is 5.82 Å². The number of aromatic nitrogens is 2. The highest BCUT2D eigenvalue weighted by molar-refractivity contribution is 6.19. The first-order valence-corrected chi connectivity index (χ1v) is 13.7. The zero-order valence-electron chi connectivity index (χ0n) is 21.7. The van der Waals surface area contributed by atoms with E-state index in [1.807, 2.05) is 55.3 Å². The Bertz CT molecular complexity index is 1470. The standard InChI is InChI=1S/C31H31ClN4O2/c1-30(2,19-32)29(38)36(26-12-11-21-8-3-4-9-23(21)26)14-6-7-20-15-22-16-31(17-25(22)34-18-20)24-10-5-13-33-27(24)35-28(31)37/h3-10,13,15,18,26H,11-12,14,16-17,19H2,1-2H3,(H,33,35,37)/b7-6+/t26-,31+/m1/s1. The van der Waals surface area contributed by atoms with Gasteiger partial charge in [-0.3, -0.25) is 14.6 Å². The van der Waals surface area contributed by atoms with Crippen molar-refractivity contribution >= 4 is 35.3 Å². The molecule has 0 radical (unpaired) electrons. The van der Waals surface area contributed by atoms with E-state index in [9.17, 15) is 9.59 Å². The van der Waals surface area contributed by atoms with Crippen LogP contribution in [0.2, 0.25) is 0 Å². The predicted octanol–water partition coefficient (Wildman–Crippen LogP) is 5.26. The van der Waals surface area contributed by atoms with Gasteiger partial charge in [0.2, 0.25) is 11.8 Å². The highest BCUT2D eigenvalue weighted by Gasteiger charge is 2.51. The normalized spacial score (nSPS) is 21.4. The molecular formula is C31H31ClN4O2. The molecule has 194 valence electrons. The first-order chi connectivity index (χ1) is 18.3. The largest absolute Gasteiger partial charge is 0.331 e. The van der Waals surface area contributed by atoms with Crippen molar-refractivity contribution in [2.24, 2.45) is 5.41 Å². The molecule has 3 aliphatic rings. The van der Waals surface area contributed by atoms with Crippen molar-refractivity contribution in [3.8, 4) is 0 Å². The van der Waals surface area contributed by atoms with Gasteiger partial charge in [-0.25, -0.2) is 4.98 Å². The predicted molar refractivity (Wildman–Crippen MR) is 149 cm³/mol. The molecule has 1 spiro atoms. The van der Waals surface area contributed by atoms with Crippen molar-refractivity contribution in [1.82, 2.24) is 14.9 Å². The summed E-state index contributed by atoms with van der Waals surface area (Å²) >= 11 is 6.21. The Labute approximate surface area is 228 Å². The van der Waals surface area contributed by atoms with Gasteiger partial charge in [0.25, 0.3) is 0 Å². The Morgan fingerprint density at radius 2 is 2.03 bits per heavy atom. The number of alkyl halides is 1. The van der Waals surface area contributed by atoms with Crippen LogP contribution < -0.4 is 5.32 Å². The Morgan fingerprint density at radius 3 is 2.87 bits per heavy atom. The van der Waals surface area contributed by atoms with Crippen molar-refractivity contribution in [2.45, 2.75) is 51.0 Å². The van der Waals surface area contributed by atoms with E-state index in [4.69, 9.17) is 16.6 Å². The number of fused-ring (bicyclic) bond motifs is 4. The van der Waals surface area contributed by atoms with Gasteiger partial charge in [-0.15, -0.1) is 11.6 Å². The number of halogens is 1. The summed E-state index contributed by atoms with van der Waals surface area (Å²) in [5, 5.41) is 2.95. The molecule has 3 aromatic rings. The van der Waals surface area contributed by atoms with Crippen LogP contribution in [0.3, 0.4) is 0 Å². The molecule has 1 aromatic carbocycles. The van der Waals surface area contributed by atoms with Crippen LogP contribution in [-0.4, -0.2) is 39.1 Å². The van der Waals surface area contributed by atoms with Crippen LogP contribution >= 0.6 is 11.6 Å². The third-order valence-electron chi connectivity index (χ3n) is 8.30. The highest BCUT2D eigenvalue weighted by atomic mass is 35.5. The average molecular weight is 527 g/mol. The number of carbonyl (C=O) groups excluding carboxylic acids is 2. The van der Waals surface area contributed by atoms with Crippen molar-refractivity contribution < 1.29 is 9.59 Å². The van der Waals surface area contributed by atoms with Gasteiger partial charge in [-0.1, -0.05) is 42.5 Å². The number of aryl methyl sites for hydroxylation is 1. The molecule has 7 heteroatoms. The lowest BCUT2D eigenvalue weighted by atomic mass is 9.80. The number of carbonyl (C=O) groups is 2. The fourth-order valence-electron chi connectivity index (χ4n) is 6.18. The topological polar surface area (TPSA) is 75.2 Å². The van der Waals surface area contributed by atoms with E-state index in [1.165, 1.54) is 11.1 Å². The summed E-state index contributed by atoms with van der Waals surface area (Å²) in [4.78, 5) is 37.7. The van der Waals surface area contributed by atoms with Crippen LogP contribution in [0.5, 0.6) is 0 Å². The third-order valence-corrected chi connectivity index (χ3v) is 8.96. The molecule has 2 aliphatic carbocycles. The van der Waals surface area contributed by atoms with Crippen molar-refractivity contribution in [3.05, 3.63) is 94.4 Å². The number of amides is 2.